The third kappa shape index (κ3) is 3.69. The van der Waals surface area contributed by atoms with Crippen LogP contribution < -0.4 is 10.6 Å². The number of anilines is 1. The summed E-state index contributed by atoms with van der Waals surface area (Å²) in [5.41, 5.74) is 0.592. The average molecular weight is 341 g/mol. The average Bonchev–Trinajstić information content (AvgIpc) is 2.86. The molecule has 1 saturated heterocycles. The molecular formula is C11H16Cl2F2N6. The normalized spacial score (nSPS) is 20.4. The van der Waals surface area contributed by atoms with Crippen LogP contribution >= 0.6 is 24.8 Å². The van der Waals surface area contributed by atoms with Gasteiger partial charge in [-0.15, -0.1) is 24.8 Å². The molecule has 0 bridgehead atoms. The van der Waals surface area contributed by atoms with E-state index in [2.05, 4.69) is 30.8 Å². The first-order chi connectivity index (χ1) is 9.17. The second kappa shape index (κ2) is 7.15. The van der Waals surface area contributed by atoms with Crippen LogP contribution in [0.2, 0.25) is 0 Å². The number of aromatic amines is 1. The van der Waals surface area contributed by atoms with Crippen LogP contribution in [0.4, 0.5) is 14.6 Å². The lowest BCUT2D eigenvalue weighted by Crippen LogP contribution is -2.48. The summed E-state index contributed by atoms with van der Waals surface area (Å²) >= 11 is 0. The monoisotopic (exact) mass is 340 g/mol. The molecule has 0 aromatic carbocycles. The van der Waals surface area contributed by atoms with Crippen LogP contribution in [0.3, 0.4) is 0 Å². The van der Waals surface area contributed by atoms with Crippen LogP contribution in [0.25, 0.3) is 11.0 Å². The van der Waals surface area contributed by atoms with Gasteiger partial charge in [0.25, 0.3) is 5.92 Å². The van der Waals surface area contributed by atoms with Crippen molar-refractivity contribution in [3.63, 3.8) is 0 Å². The minimum atomic E-state index is -2.69. The Bertz CT molecular complexity index is 579. The van der Waals surface area contributed by atoms with Crippen molar-refractivity contribution >= 4 is 41.7 Å². The fourth-order valence-corrected chi connectivity index (χ4v) is 2.26. The molecule has 0 amide bonds. The molecule has 10 heteroatoms. The number of fused-ring (bicyclic) bond motifs is 1. The molecule has 1 fully saturated rings. The van der Waals surface area contributed by atoms with E-state index in [0.717, 1.165) is 0 Å². The number of aromatic nitrogens is 4. The molecule has 2 aromatic heterocycles. The van der Waals surface area contributed by atoms with E-state index in [1.807, 2.05) is 0 Å². The first-order valence-corrected chi connectivity index (χ1v) is 6.13. The minimum Gasteiger partial charge on any atom is -0.369 e. The third-order valence-corrected chi connectivity index (χ3v) is 3.39. The van der Waals surface area contributed by atoms with E-state index in [1.165, 1.54) is 6.33 Å². The highest BCUT2D eigenvalue weighted by atomic mass is 35.5. The summed E-state index contributed by atoms with van der Waals surface area (Å²) in [5.74, 6) is -2.84. The molecule has 118 valence electrons. The largest absolute Gasteiger partial charge is 0.369 e. The summed E-state index contributed by atoms with van der Waals surface area (Å²) < 4.78 is 27.3. The smallest absolute Gasteiger partial charge is 0.264 e. The number of hydrogen-bond donors (Lipinski definition) is 3. The van der Waals surface area contributed by atoms with Gasteiger partial charge in [-0.05, 0) is 13.0 Å². The molecular weight excluding hydrogens is 325 g/mol. The van der Waals surface area contributed by atoms with Gasteiger partial charge in [0.2, 0.25) is 0 Å². The predicted molar refractivity (Wildman–Crippen MR) is 80.6 cm³/mol. The standard InChI is InChI=1S/C11H14F2N6.2ClH/c12-11(13)5-14-2-1-7(11)3-15-9-8-4-18-19-10(8)17-6-16-9;;/h4,6-7,14H,1-3,5H2,(H2,15,16,17,18,19);2*1H/t7-;;/m1../s1. The Kier molecular flexibility index (Phi) is 6.06. The van der Waals surface area contributed by atoms with Crippen LogP contribution in [0.1, 0.15) is 6.42 Å². The second-order valence-electron chi connectivity index (χ2n) is 4.66. The zero-order chi connectivity index (χ0) is 13.3. The molecule has 6 nitrogen and oxygen atoms in total. The summed E-state index contributed by atoms with van der Waals surface area (Å²) in [6.45, 7) is 0.545. The topological polar surface area (TPSA) is 78.5 Å². The van der Waals surface area contributed by atoms with Gasteiger partial charge >= 0.3 is 0 Å². The van der Waals surface area contributed by atoms with Crippen molar-refractivity contribution in [3.8, 4) is 0 Å². The highest BCUT2D eigenvalue weighted by molar-refractivity contribution is 5.86. The molecule has 0 spiro atoms. The summed E-state index contributed by atoms with van der Waals surface area (Å²) in [5, 5.41) is 13.0. The van der Waals surface area contributed by atoms with Gasteiger partial charge in [-0.2, -0.15) is 5.10 Å². The van der Waals surface area contributed by atoms with E-state index in [-0.39, 0.29) is 37.9 Å². The maximum absolute atomic E-state index is 13.7. The molecule has 3 N–H and O–H groups in total. The zero-order valence-electron chi connectivity index (χ0n) is 11.0. The number of nitrogens with zero attached hydrogens (tertiary/aromatic N) is 3. The van der Waals surface area contributed by atoms with Crippen molar-refractivity contribution in [1.82, 2.24) is 25.5 Å². The zero-order valence-corrected chi connectivity index (χ0v) is 12.6. The van der Waals surface area contributed by atoms with E-state index in [0.29, 0.717) is 29.8 Å². The minimum absolute atomic E-state index is 0. The van der Waals surface area contributed by atoms with E-state index in [4.69, 9.17) is 0 Å². The quantitative estimate of drug-likeness (QED) is 0.794. The van der Waals surface area contributed by atoms with Crippen LogP contribution in [0.15, 0.2) is 12.5 Å². The number of alkyl halides is 2. The molecule has 0 unspecified atom stereocenters. The van der Waals surface area contributed by atoms with E-state index in [9.17, 15) is 8.78 Å². The summed E-state index contributed by atoms with van der Waals surface area (Å²) in [7, 11) is 0. The molecule has 1 atom stereocenters. The molecule has 1 aliphatic heterocycles. The number of halogens is 4. The molecule has 21 heavy (non-hydrogen) atoms. The summed E-state index contributed by atoms with van der Waals surface area (Å²) in [6, 6.07) is 0. The Balaban J connectivity index is 0.00000110. The number of piperidine rings is 1. The van der Waals surface area contributed by atoms with Gasteiger partial charge < -0.3 is 10.6 Å². The van der Waals surface area contributed by atoms with Crippen molar-refractivity contribution in [3.05, 3.63) is 12.5 Å². The van der Waals surface area contributed by atoms with Gasteiger partial charge in [0.05, 0.1) is 18.1 Å². The van der Waals surface area contributed by atoms with Gasteiger partial charge in [0, 0.05) is 12.5 Å². The SMILES string of the molecule is Cl.Cl.FC1(F)CNCC[C@@H]1CNc1ncnc2[nH]ncc12. The van der Waals surface area contributed by atoms with Crippen molar-refractivity contribution < 1.29 is 8.78 Å². The molecule has 1 aliphatic rings. The lowest BCUT2D eigenvalue weighted by atomic mass is 9.94. The Hall–Kier alpha value is -1.25. The fraction of sp³-hybridized carbons (Fsp3) is 0.545. The van der Waals surface area contributed by atoms with Gasteiger partial charge in [-0.1, -0.05) is 0 Å². The lowest BCUT2D eigenvalue weighted by molar-refractivity contribution is -0.0678. The molecule has 0 radical (unpaired) electrons. The third-order valence-electron chi connectivity index (χ3n) is 3.39. The highest BCUT2D eigenvalue weighted by Crippen LogP contribution is 2.30. The van der Waals surface area contributed by atoms with Crippen LogP contribution in [0, 0.1) is 5.92 Å². The van der Waals surface area contributed by atoms with Crippen LogP contribution in [0.5, 0.6) is 0 Å². The summed E-state index contributed by atoms with van der Waals surface area (Å²) in [4.78, 5) is 8.07. The molecule has 0 saturated carbocycles. The van der Waals surface area contributed by atoms with E-state index in [1.54, 1.807) is 6.20 Å². The van der Waals surface area contributed by atoms with E-state index >= 15 is 0 Å². The summed E-state index contributed by atoms with van der Waals surface area (Å²) in [6.07, 6.45) is 3.40. The maximum Gasteiger partial charge on any atom is 0.264 e. The highest BCUT2D eigenvalue weighted by Gasteiger charge is 2.41. The van der Waals surface area contributed by atoms with Crippen molar-refractivity contribution in [2.24, 2.45) is 5.92 Å². The van der Waals surface area contributed by atoms with Gasteiger partial charge in [0.1, 0.15) is 12.1 Å². The van der Waals surface area contributed by atoms with Crippen molar-refractivity contribution in [1.29, 1.82) is 0 Å². The Labute approximate surface area is 132 Å². The number of rotatable bonds is 3. The molecule has 0 aliphatic carbocycles. The van der Waals surface area contributed by atoms with Crippen LogP contribution in [-0.4, -0.2) is 45.7 Å². The lowest BCUT2D eigenvalue weighted by Gasteiger charge is -2.32. The molecule has 2 aromatic rings. The Morgan fingerprint density at radius 1 is 1.33 bits per heavy atom. The number of nitrogens with one attached hydrogen (secondary N) is 3. The predicted octanol–water partition coefficient (Wildman–Crippen LogP) is 1.85. The Morgan fingerprint density at radius 3 is 2.90 bits per heavy atom. The van der Waals surface area contributed by atoms with Gasteiger partial charge in [-0.25, -0.2) is 18.7 Å². The Morgan fingerprint density at radius 2 is 2.14 bits per heavy atom. The fourth-order valence-electron chi connectivity index (χ4n) is 2.26. The first kappa shape index (κ1) is 17.8. The van der Waals surface area contributed by atoms with Gasteiger partial charge in [-0.3, -0.25) is 5.10 Å². The van der Waals surface area contributed by atoms with E-state index < -0.39 is 11.8 Å². The van der Waals surface area contributed by atoms with Crippen molar-refractivity contribution in [2.45, 2.75) is 12.3 Å². The number of hydrogen-bond acceptors (Lipinski definition) is 5. The first-order valence-electron chi connectivity index (χ1n) is 6.13. The van der Waals surface area contributed by atoms with Gasteiger partial charge in [0.15, 0.2) is 5.65 Å². The van der Waals surface area contributed by atoms with Crippen LogP contribution in [-0.2, 0) is 0 Å². The molecule has 3 rings (SSSR count). The maximum atomic E-state index is 13.7. The second-order valence-corrected chi connectivity index (χ2v) is 4.66. The van der Waals surface area contributed by atoms with Crippen molar-refractivity contribution in [2.75, 3.05) is 25.0 Å². The molecule has 3 heterocycles. The number of H-pyrrole nitrogens is 1.